The molecule has 1 unspecified atom stereocenters. The van der Waals surface area contributed by atoms with Gasteiger partial charge in [-0.25, -0.2) is 4.79 Å². The average molecular weight is 326 g/mol. The molecule has 1 aromatic carbocycles. The molecule has 1 atom stereocenters. The van der Waals surface area contributed by atoms with Crippen LogP contribution in [0, 0.1) is 13.8 Å². The summed E-state index contributed by atoms with van der Waals surface area (Å²) in [5, 5.41) is 7.45. The number of amides is 2. The molecule has 2 aromatic rings. The summed E-state index contributed by atoms with van der Waals surface area (Å²) in [7, 11) is 1.89. The van der Waals surface area contributed by atoms with Gasteiger partial charge in [-0.1, -0.05) is 30.3 Å². The Bertz CT molecular complexity index is 748. The van der Waals surface area contributed by atoms with Crippen LogP contribution >= 0.6 is 0 Å². The maximum absolute atomic E-state index is 12.9. The van der Waals surface area contributed by atoms with Gasteiger partial charge in [0.15, 0.2) is 0 Å². The van der Waals surface area contributed by atoms with E-state index in [0.717, 1.165) is 30.0 Å². The van der Waals surface area contributed by atoms with Gasteiger partial charge in [0.1, 0.15) is 0 Å². The zero-order valence-electron chi connectivity index (χ0n) is 15.1. The third kappa shape index (κ3) is 2.68. The van der Waals surface area contributed by atoms with Crippen LogP contribution in [0.15, 0.2) is 30.3 Å². The maximum Gasteiger partial charge on any atom is 0.322 e. The number of hydrogen-bond donors (Lipinski definition) is 1. The van der Waals surface area contributed by atoms with Gasteiger partial charge in [-0.2, -0.15) is 5.10 Å². The van der Waals surface area contributed by atoms with Gasteiger partial charge in [-0.15, -0.1) is 0 Å². The topological polar surface area (TPSA) is 50.2 Å². The van der Waals surface area contributed by atoms with Crippen molar-refractivity contribution in [2.75, 3.05) is 11.9 Å². The Hall–Kier alpha value is -2.30. The van der Waals surface area contributed by atoms with Crippen LogP contribution < -0.4 is 5.32 Å². The summed E-state index contributed by atoms with van der Waals surface area (Å²) in [6, 6.07) is 10.4. The smallest absolute Gasteiger partial charge is 0.319 e. The van der Waals surface area contributed by atoms with E-state index in [1.54, 1.807) is 4.68 Å². The second-order valence-corrected chi connectivity index (χ2v) is 7.16. The highest BCUT2D eigenvalue weighted by molar-refractivity contribution is 5.91. The first kappa shape index (κ1) is 16.6. The number of carbonyl (C=O) groups is 1. The monoisotopic (exact) mass is 326 g/mol. The molecule has 1 fully saturated rings. The molecule has 0 aliphatic carbocycles. The largest absolute Gasteiger partial charge is 0.322 e. The molecule has 24 heavy (non-hydrogen) atoms. The second kappa shape index (κ2) is 5.96. The highest BCUT2D eigenvalue weighted by Crippen LogP contribution is 2.42. The van der Waals surface area contributed by atoms with Crippen LogP contribution in [0.4, 0.5) is 10.5 Å². The number of anilines is 1. The van der Waals surface area contributed by atoms with Crippen molar-refractivity contribution in [2.45, 2.75) is 45.6 Å². The number of nitrogens with one attached hydrogen (secondary N) is 1. The summed E-state index contributed by atoms with van der Waals surface area (Å²) < 4.78 is 1.80. The lowest BCUT2D eigenvalue weighted by Gasteiger charge is -2.36. The number of aryl methyl sites for hydroxylation is 2. The van der Waals surface area contributed by atoms with E-state index in [0.29, 0.717) is 5.92 Å². The summed E-state index contributed by atoms with van der Waals surface area (Å²) >= 11 is 0. The summed E-state index contributed by atoms with van der Waals surface area (Å²) in [6.45, 7) is 8.96. The summed E-state index contributed by atoms with van der Waals surface area (Å²) in [6.07, 6.45) is 0.982. The molecule has 5 heteroatoms. The number of rotatable bonds is 2. The SMILES string of the molecule is Cc1nn(C)c(C)c1NC(=O)N1CCC(c2ccccc2)C1(C)C. The summed E-state index contributed by atoms with van der Waals surface area (Å²) in [5.41, 5.74) is 3.71. The summed E-state index contributed by atoms with van der Waals surface area (Å²) in [5.74, 6) is 0.348. The van der Waals surface area contributed by atoms with Gasteiger partial charge in [-0.05, 0) is 39.7 Å². The number of urea groups is 1. The molecule has 1 N–H and O–H groups in total. The fourth-order valence-electron chi connectivity index (χ4n) is 3.84. The van der Waals surface area contributed by atoms with Gasteiger partial charge in [0, 0.05) is 25.0 Å². The molecule has 3 rings (SSSR count). The number of hydrogen-bond acceptors (Lipinski definition) is 2. The van der Waals surface area contributed by atoms with E-state index in [1.807, 2.05) is 31.9 Å². The predicted octanol–water partition coefficient (Wildman–Crippen LogP) is 3.84. The van der Waals surface area contributed by atoms with Crippen LogP contribution in [0.3, 0.4) is 0 Å². The van der Waals surface area contributed by atoms with Crippen molar-refractivity contribution < 1.29 is 4.79 Å². The minimum absolute atomic E-state index is 0.0439. The third-order valence-corrected chi connectivity index (χ3v) is 5.38. The lowest BCUT2D eigenvalue weighted by atomic mass is 9.83. The molecule has 1 aliphatic rings. The van der Waals surface area contributed by atoms with Gasteiger partial charge in [0.2, 0.25) is 0 Å². The van der Waals surface area contributed by atoms with E-state index in [9.17, 15) is 4.79 Å². The summed E-state index contributed by atoms with van der Waals surface area (Å²) in [4.78, 5) is 14.9. The molecule has 2 amide bonds. The fraction of sp³-hybridized carbons (Fsp3) is 0.474. The van der Waals surface area contributed by atoms with E-state index in [1.165, 1.54) is 5.56 Å². The lowest BCUT2D eigenvalue weighted by molar-refractivity contribution is 0.171. The molecule has 5 nitrogen and oxygen atoms in total. The molecular weight excluding hydrogens is 300 g/mol. The van der Waals surface area contributed by atoms with Gasteiger partial charge >= 0.3 is 6.03 Å². The van der Waals surface area contributed by atoms with Gasteiger partial charge in [-0.3, -0.25) is 4.68 Å². The quantitative estimate of drug-likeness (QED) is 0.911. The van der Waals surface area contributed by atoms with E-state index in [2.05, 4.69) is 48.5 Å². The Balaban J connectivity index is 1.81. The van der Waals surface area contributed by atoms with Crippen LogP contribution in [-0.2, 0) is 7.05 Å². The van der Waals surface area contributed by atoms with Crippen molar-refractivity contribution in [2.24, 2.45) is 7.05 Å². The minimum atomic E-state index is -0.227. The molecule has 1 aliphatic heterocycles. The van der Waals surface area contributed by atoms with Crippen LogP contribution in [0.5, 0.6) is 0 Å². The van der Waals surface area contributed by atoms with Gasteiger partial charge < -0.3 is 10.2 Å². The molecule has 2 heterocycles. The Labute approximate surface area is 143 Å². The van der Waals surface area contributed by atoms with Crippen LogP contribution in [-0.4, -0.2) is 32.8 Å². The number of likely N-dealkylation sites (tertiary alicyclic amines) is 1. The van der Waals surface area contributed by atoms with Crippen molar-refractivity contribution in [1.29, 1.82) is 0 Å². The molecule has 1 aromatic heterocycles. The Morgan fingerprint density at radius 2 is 1.92 bits per heavy atom. The van der Waals surface area contributed by atoms with Crippen LogP contribution in [0.25, 0.3) is 0 Å². The number of carbonyl (C=O) groups excluding carboxylic acids is 1. The average Bonchev–Trinajstić information content (AvgIpc) is 2.98. The molecular formula is C19H26N4O. The highest BCUT2D eigenvalue weighted by Gasteiger charge is 2.44. The zero-order valence-corrected chi connectivity index (χ0v) is 15.1. The third-order valence-electron chi connectivity index (χ3n) is 5.38. The predicted molar refractivity (Wildman–Crippen MR) is 96.3 cm³/mol. The number of nitrogens with zero attached hydrogens (tertiary/aromatic N) is 3. The molecule has 128 valence electrons. The number of aromatic nitrogens is 2. The first-order valence-electron chi connectivity index (χ1n) is 8.46. The molecule has 0 spiro atoms. The van der Waals surface area contributed by atoms with Crippen LogP contribution in [0.2, 0.25) is 0 Å². The van der Waals surface area contributed by atoms with E-state index < -0.39 is 0 Å². The zero-order chi connectivity index (χ0) is 17.5. The van der Waals surface area contributed by atoms with E-state index >= 15 is 0 Å². The van der Waals surface area contributed by atoms with Crippen molar-refractivity contribution >= 4 is 11.7 Å². The molecule has 0 radical (unpaired) electrons. The van der Waals surface area contributed by atoms with Crippen molar-refractivity contribution in [3.05, 3.63) is 47.3 Å². The van der Waals surface area contributed by atoms with Crippen molar-refractivity contribution in [1.82, 2.24) is 14.7 Å². The van der Waals surface area contributed by atoms with Crippen LogP contribution in [0.1, 0.15) is 43.1 Å². The Morgan fingerprint density at radius 3 is 2.50 bits per heavy atom. The van der Waals surface area contributed by atoms with Gasteiger partial charge in [0.25, 0.3) is 0 Å². The lowest BCUT2D eigenvalue weighted by Crippen LogP contribution is -2.47. The minimum Gasteiger partial charge on any atom is -0.319 e. The Morgan fingerprint density at radius 1 is 1.25 bits per heavy atom. The second-order valence-electron chi connectivity index (χ2n) is 7.16. The number of benzene rings is 1. The van der Waals surface area contributed by atoms with Gasteiger partial charge in [0.05, 0.1) is 17.1 Å². The van der Waals surface area contributed by atoms with Crippen molar-refractivity contribution in [3.63, 3.8) is 0 Å². The van der Waals surface area contributed by atoms with E-state index in [-0.39, 0.29) is 11.6 Å². The Kier molecular flexibility index (Phi) is 4.11. The normalized spacial score (nSPS) is 19.5. The maximum atomic E-state index is 12.9. The fourth-order valence-corrected chi connectivity index (χ4v) is 3.84. The standard InChI is InChI=1S/C19H26N4O/c1-13-17(14(2)22(5)21-13)20-18(24)23-12-11-16(19(23,3)4)15-9-7-6-8-10-15/h6-10,16H,11-12H2,1-5H3,(H,20,24). The first-order valence-corrected chi connectivity index (χ1v) is 8.46. The highest BCUT2D eigenvalue weighted by atomic mass is 16.2. The molecule has 0 saturated carbocycles. The first-order chi connectivity index (χ1) is 11.3. The van der Waals surface area contributed by atoms with E-state index in [4.69, 9.17) is 0 Å². The molecule has 0 bridgehead atoms. The molecule has 1 saturated heterocycles. The van der Waals surface area contributed by atoms with Crippen molar-refractivity contribution in [3.8, 4) is 0 Å².